The Balaban J connectivity index is 2.13. The Morgan fingerprint density at radius 2 is 1.86 bits per heavy atom. The van der Waals surface area contributed by atoms with Gasteiger partial charge in [-0.2, -0.15) is 4.58 Å². The molecular weight excluding hydrogens is 174 g/mol. The first kappa shape index (κ1) is 10.0. The molecule has 0 saturated heterocycles. The molecule has 80 valence electrons. The van der Waals surface area contributed by atoms with E-state index in [-0.39, 0.29) is 5.54 Å². The lowest BCUT2D eigenvalue weighted by atomic mass is 9.89. The monoisotopic (exact) mass is 196 g/mol. The third-order valence-electron chi connectivity index (χ3n) is 3.77. The maximum Gasteiger partial charge on any atom is 0.340 e. The average molecular weight is 196 g/mol. The second kappa shape index (κ2) is 3.56. The van der Waals surface area contributed by atoms with Crippen molar-refractivity contribution in [3.8, 4) is 0 Å². The van der Waals surface area contributed by atoms with Crippen molar-refractivity contribution in [1.29, 1.82) is 0 Å². The summed E-state index contributed by atoms with van der Waals surface area (Å²) in [5.41, 5.74) is 0.201. The van der Waals surface area contributed by atoms with Crippen LogP contribution in [0.3, 0.4) is 0 Å². The van der Waals surface area contributed by atoms with E-state index in [1.807, 2.05) is 0 Å². The summed E-state index contributed by atoms with van der Waals surface area (Å²) >= 11 is 0. The molecule has 1 heterocycles. The summed E-state index contributed by atoms with van der Waals surface area (Å²) in [6.45, 7) is 5.36. The number of hydrogen-bond donors (Lipinski definition) is 0. The van der Waals surface area contributed by atoms with Gasteiger partial charge in [-0.15, -0.1) is 0 Å². The Morgan fingerprint density at radius 3 is 2.36 bits per heavy atom. The van der Waals surface area contributed by atoms with E-state index in [0.29, 0.717) is 5.92 Å². The van der Waals surface area contributed by atoms with Crippen molar-refractivity contribution in [2.24, 2.45) is 5.92 Å². The van der Waals surface area contributed by atoms with Crippen molar-refractivity contribution in [2.75, 3.05) is 13.7 Å². The normalized spacial score (nSPS) is 27.9. The van der Waals surface area contributed by atoms with Crippen LogP contribution in [0.2, 0.25) is 0 Å². The van der Waals surface area contributed by atoms with Gasteiger partial charge in [-0.05, 0) is 12.8 Å². The molecule has 2 heteroatoms. The first-order valence-electron chi connectivity index (χ1n) is 5.85. The van der Waals surface area contributed by atoms with Crippen molar-refractivity contribution in [2.45, 2.75) is 51.5 Å². The fourth-order valence-electron chi connectivity index (χ4n) is 2.48. The highest BCUT2D eigenvalue weighted by Crippen LogP contribution is 2.29. The molecule has 0 radical (unpaired) electrons. The molecular formula is C12H22NO+. The summed E-state index contributed by atoms with van der Waals surface area (Å²) in [7, 11) is 2.18. The molecule has 0 unspecified atom stereocenters. The molecule has 1 fully saturated rings. The Kier molecular flexibility index (Phi) is 2.54. The van der Waals surface area contributed by atoms with Crippen LogP contribution in [-0.2, 0) is 4.74 Å². The van der Waals surface area contributed by atoms with Gasteiger partial charge in [0.1, 0.15) is 7.05 Å². The Hall–Kier alpha value is -0.530. The lowest BCUT2D eigenvalue weighted by Gasteiger charge is -2.18. The van der Waals surface area contributed by atoms with Crippen molar-refractivity contribution in [3.63, 3.8) is 0 Å². The molecule has 0 atom stereocenters. The van der Waals surface area contributed by atoms with Crippen LogP contribution in [0.5, 0.6) is 0 Å². The number of hydrogen-bond acceptors (Lipinski definition) is 1. The van der Waals surface area contributed by atoms with E-state index >= 15 is 0 Å². The number of rotatable bonds is 1. The quantitative estimate of drug-likeness (QED) is 0.587. The molecule has 1 saturated carbocycles. The number of likely N-dealkylation sites (N-methyl/N-ethyl adjacent to an activating group) is 1. The molecule has 2 nitrogen and oxygen atoms in total. The molecule has 0 aromatic rings. The molecule has 14 heavy (non-hydrogen) atoms. The SMILES string of the molecule is C[N+]1=C(C2CCCCC2)OCC1(C)C. The highest BCUT2D eigenvalue weighted by atomic mass is 16.5. The van der Waals surface area contributed by atoms with Gasteiger partial charge in [0.15, 0.2) is 12.1 Å². The maximum absolute atomic E-state index is 5.86. The van der Waals surface area contributed by atoms with Crippen molar-refractivity contribution >= 4 is 5.90 Å². The van der Waals surface area contributed by atoms with E-state index in [1.54, 1.807) is 0 Å². The van der Waals surface area contributed by atoms with E-state index in [4.69, 9.17) is 4.74 Å². The van der Waals surface area contributed by atoms with Gasteiger partial charge < -0.3 is 4.74 Å². The van der Waals surface area contributed by atoms with Crippen LogP contribution >= 0.6 is 0 Å². The van der Waals surface area contributed by atoms with Crippen LogP contribution in [0.25, 0.3) is 0 Å². The van der Waals surface area contributed by atoms with Crippen LogP contribution in [0.4, 0.5) is 0 Å². The molecule has 1 aliphatic carbocycles. The average Bonchev–Trinajstić information content (AvgIpc) is 2.44. The minimum atomic E-state index is 0.201. The third kappa shape index (κ3) is 1.67. The summed E-state index contributed by atoms with van der Waals surface area (Å²) in [6.07, 6.45) is 6.83. The molecule has 0 spiro atoms. The van der Waals surface area contributed by atoms with E-state index in [2.05, 4.69) is 25.5 Å². The Morgan fingerprint density at radius 1 is 1.21 bits per heavy atom. The van der Waals surface area contributed by atoms with E-state index < -0.39 is 0 Å². The summed E-state index contributed by atoms with van der Waals surface area (Å²) in [5, 5.41) is 0. The highest BCUT2D eigenvalue weighted by molar-refractivity contribution is 5.75. The molecule has 0 N–H and O–H groups in total. The van der Waals surface area contributed by atoms with Gasteiger partial charge in [0.25, 0.3) is 0 Å². The van der Waals surface area contributed by atoms with Gasteiger partial charge in [0.2, 0.25) is 0 Å². The predicted octanol–water partition coefficient (Wildman–Crippen LogP) is 2.42. The topological polar surface area (TPSA) is 12.2 Å². The first-order valence-corrected chi connectivity index (χ1v) is 5.85. The zero-order valence-corrected chi connectivity index (χ0v) is 9.68. The van der Waals surface area contributed by atoms with E-state index in [1.165, 1.54) is 38.0 Å². The molecule has 1 aliphatic heterocycles. The Labute approximate surface area is 87.0 Å². The van der Waals surface area contributed by atoms with Crippen LogP contribution in [0.1, 0.15) is 46.0 Å². The lowest BCUT2D eigenvalue weighted by Crippen LogP contribution is -2.34. The summed E-state index contributed by atoms with van der Waals surface area (Å²) in [6, 6.07) is 0. The Bertz CT molecular complexity index is 249. The highest BCUT2D eigenvalue weighted by Gasteiger charge is 2.42. The molecule has 0 amide bonds. The fourth-order valence-corrected chi connectivity index (χ4v) is 2.48. The van der Waals surface area contributed by atoms with Gasteiger partial charge in [-0.1, -0.05) is 19.3 Å². The maximum atomic E-state index is 5.86. The lowest BCUT2D eigenvalue weighted by molar-refractivity contribution is -0.565. The predicted molar refractivity (Wildman–Crippen MR) is 57.8 cm³/mol. The smallest absolute Gasteiger partial charge is 0.340 e. The van der Waals surface area contributed by atoms with Gasteiger partial charge >= 0.3 is 5.90 Å². The van der Waals surface area contributed by atoms with Gasteiger partial charge in [-0.3, -0.25) is 0 Å². The van der Waals surface area contributed by atoms with Crippen LogP contribution in [-0.4, -0.2) is 29.7 Å². The third-order valence-corrected chi connectivity index (χ3v) is 3.77. The molecule has 0 aromatic carbocycles. The van der Waals surface area contributed by atoms with Gasteiger partial charge in [0, 0.05) is 13.8 Å². The molecule has 2 aliphatic rings. The number of nitrogens with zero attached hydrogens (tertiary/aromatic N) is 1. The van der Waals surface area contributed by atoms with Crippen LogP contribution < -0.4 is 0 Å². The van der Waals surface area contributed by atoms with Crippen molar-refractivity contribution in [3.05, 3.63) is 0 Å². The van der Waals surface area contributed by atoms with Gasteiger partial charge in [0.05, 0.1) is 5.92 Å². The minimum absolute atomic E-state index is 0.201. The minimum Gasteiger partial charge on any atom is -0.440 e. The van der Waals surface area contributed by atoms with Gasteiger partial charge in [-0.25, -0.2) is 0 Å². The largest absolute Gasteiger partial charge is 0.440 e. The zero-order valence-electron chi connectivity index (χ0n) is 9.68. The van der Waals surface area contributed by atoms with Crippen molar-refractivity contribution < 1.29 is 9.31 Å². The fraction of sp³-hybridized carbons (Fsp3) is 0.917. The summed E-state index contributed by atoms with van der Waals surface area (Å²) in [5.74, 6) is 1.96. The molecule has 2 rings (SSSR count). The number of ether oxygens (including phenoxy) is 1. The second-order valence-electron chi connectivity index (χ2n) is 5.33. The standard InChI is InChI=1S/C12H22NO/c1-12(2)9-14-11(13(12)3)10-7-5-4-6-8-10/h10H,4-9H2,1-3H3/q+1. The molecule has 0 bridgehead atoms. The van der Waals surface area contributed by atoms with Crippen molar-refractivity contribution in [1.82, 2.24) is 0 Å². The summed E-state index contributed by atoms with van der Waals surface area (Å²) in [4.78, 5) is 0. The van der Waals surface area contributed by atoms with Crippen LogP contribution in [0, 0.1) is 5.92 Å². The molecule has 0 aromatic heterocycles. The van der Waals surface area contributed by atoms with E-state index in [9.17, 15) is 0 Å². The van der Waals surface area contributed by atoms with E-state index in [0.717, 1.165) is 6.61 Å². The summed E-state index contributed by atoms with van der Waals surface area (Å²) < 4.78 is 8.21. The zero-order chi connectivity index (χ0) is 10.2. The second-order valence-corrected chi connectivity index (χ2v) is 5.33. The van der Waals surface area contributed by atoms with Crippen LogP contribution in [0.15, 0.2) is 0 Å². The first-order chi connectivity index (χ1) is 6.61.